The average Bonchev–Trinajstić information content (AvgIpc) is 2.43. The lowest BCUT2D eigenvalue weighted by Crippen LogP contribution is -2.15. The van der Waals surface area contributed by atoms with Gasteiger partial charge in [-0.1, -0.05) is 0 Å². The minimum absolute atomic E-state index is 0.0204. The van der Waals surface area contributed by atoms with Gasteiger partial charge in [-0.25, -0.2) is 13.6 Å². The second-order valence-electron chi connectivity index (χ2n) is 4.00. The van der Waals surface area contributed by atoms with E-state index in [9.17, 15) is 18.0 Å². The van der Waals surface area contributed by atoms with Crippen LogP contribution in [0.15, 0.2) is 29.2 Å². The number of nitrogens with one attached hydrogen (secondary N) is 1. The van der Waals surface area contributed by atoms with Crippen molar-refractivity contribution in [3.63, 3.8) is 0 Å². The van der Waals surface area contributed by atoms with E-state index in [1.54, 1.807) is 0 Å². The number of carbonyl (C=O) groups excluding carboxylic acids is 2. The van der Waals surface area contributed by atoms with Crippen LogP contribution >= 0.6 is 11.8 Å². The SMILES string of the molecule is COC(=O)CCSCC(=O)Nc1ccc(S(N)(=O)=O)cc1. The maximum atomic E-state index is 11.6. The molecule has 1 aromatic rings. The predicted molar refractivity (Wildman–Crippen MR) is 80.4 cm³/mol. The van der Waals surface area contributed by atoms with Gasteiger partial charge in [0.15, 0.2) is 0 Å². The Bertz CT molecular complexity index is 599. The van der Waals surface area contributed by atoms with E-state index in [1.165, 1.54) is 43.1 Å². The van der Waals surface area contributed by atoms with Crippen LogP contribution in [-0.2, 0) is 24.3 Å². The van der Waals surface area contributed by atoms with Gasteiger partial charge < -0.3 is 10.1 Å². The Kier molecular flexibility index (Phi) is 6.66. The zero-order valence-electron chi connectivity index (χ0n) is 11.4. The first kappa shape index (κ1) is 17.5. The standard InChI is InChI=1S/C12H16N2O5S2/c1-19-12(16)6-7-20-8-11(15)14-9-2-4-10(5-3-9)21(13,17)18/h2-5H,6-8H2,1H3,(H,14,15)(H2,13,17,18). The number of anilines is 1. The van der Waals surface area contributed by atoms with Crippen molar-refractivity contribution in [1.29, 1.82) is 0 Å². The van der Waals surface area contributed by atoms with Gasteiger partial charge >= 0.3 is 5.97 Å². The lowest BCUT2D eigenvalue weighted by molar-refractivity contribution is -0.140. The number of esters is 1. The van der Waals surface area contributed by atoms with Crippen molar-refractivity contribution in [2.24, 2.45) is 5.14 Å². The highest BCUT2D eigenvalue weighted by Gasteiger charge is 2.08. The third kappa shape index (κ3) is 6.61. The third-order valence-corrected chi connectivity index (χ3v) is 4.27. The molecule has 0 bridgehead atoms. The Morgan fingerprint density at radius 2 is 1.90 bits per heavy atom. The fourth-order valence-corrected chi connectivity index (χ4v) is 2.58. The third-order valence-electron chi connectivity index (χ3n) is 2.38. The lowest BCUT2D eigenvalue weighted by atomic mass is 10.3. The number of hydrogen-bond acceptors (Lipinski definition) is 6. The van der Waals surface area contributed by atoms with Gasteiger partial charge in [-0.3, -0.25) is 9.59 Å². The summed E-state index contributed by atoms with van der Waals surface area (Å²) < 4.78 is 26.6. The van der Waals surface area contributed by atoms with Gasteiger partial charge in [-0.15, -0.1) is 0 Å². The van der Waals surface area contributed by atoms with E-state index in [0.29, 0.717) is 11.4 Å². The molecule has 0 atom stereocenters. The molecule has 0 fully saturated rings. The molecule has 116 valence electrons. The van der Waals surface area contributed by atoms with Gasteiger partial charge in [0.25, 0.3) is 0 Å². The van der Waals surface area contributed by atoms with E-state index >= 15 is 0 Å². The van der Waals surface area contributed by atoms with Crippen molar-refractivity contribution in [3.8, 4) is 0 Å². The molecular formula is C12H16N2O5S2. The van der Waals surface area contributed by atoms with Crippen LogP contribution in [0.25, 0.3) is 0 Å². The Hall–Kier alpha value is -1.58. The maximum Gasteiger partial charge on any atom is 0.306 e. The summed E-state index contributed by atoms with van der Waals surface area (Å²) in [6.45, 7) is 0. The van der Waals surface area contributed by atoms with Crippen molar-refractivity contribution in [2.45, 2.75) is 11.3 Å². The minimum Gasteiger partial charge on any atom is -0.469 e. The number of rotatable bonds is 7. The van der Waals surface area contributed by atoms with Crippen LogP contribution in [0.1, 0.15) is 6.42 Å². The van der Waals surface area contributed by atoms with Crippen LogP contribution < -0.4 is 10.5 Å². The average molecular weight is 332 g/mol. The highest BCUT2D eigenvalue weighted by atomic mass is 32.2. The Morgan fingerprint density at radius 3 is 2.43 bits per heavy atom. The van der Waals surface area contributed by atoms with Gasteiger partial charge in [0.05, 0.1) is 24.2 Å². The second-order valence-corrected chi connectivity index (χ2v) is 6.66. The summed E-state index contributed by atoms with van der Waals surface area (Å²) in [7, 11) is -2.43. The van der Waals surface area contributed by atoms with Gasteiger partial charge in [-0.05, 0) is 24.3 Å². The summed E-state index contributed by atoms with van der Waals surface area (Å²) in [6, 6.07) is 5.54. The number of benzene rings is 1. The summed E-state index contributed by atoms with van der Waals surface area (Å²) in [5.74, 6) is 0.118. The van der Waals surface area contributed by atoms with Crippen LogP contribution in [0, 0.1) is 0 Å². The van der Waals surface area contributed by atoms with E-state index < -0.39 is 10.0 Å². The molecular weight excluding hydrogens is 316 g/mol. The number of primary sulfonamides is 1. The van der Waals surface area contributed by atoms with Crippen LogP contribution in [-0.4, -0.2) is 38.9 Å². The Labute approximate surface area is 127 Å². The molecule has 0 aliphatic rings. The van der Waals surface area contributed by atoms with Crippen molar-refractivity contribution in [3.05, 3.63) is 24.3 Å². The Balaban J connectivity index is 2.40. The molecule has 0 radical (unpaired) electrons. The zero-order valence-corrected chi connectivity index (χ0v) is 13.0. The molecule has 0 unspecified atom stereocenters. The topological polar surface area (TPSA) is 116 Å². The molecule has 0 aliphatic heterocycles. The number of amides is 1. The number of sulfonamides is 1. The minimum atomic E-state index is -3.74. The van der Waals surface area contributed by atoms with Crippen molar-refractivity contribution in [1.82, 2.24) is 0 Å². The first-order valence-corrected chi connectivity index (χ1v) is 8.60. The highest BCUT2D eigenvalue weighted by Crippen LogP contribution is 2.13. The highest BCUT2D eigenvalue weighted by molar-refractivity contribution is 7.99. The summed E-state index contributed by atoms with van der Waals surface area (Å²) in [5.41, 5.74) is 0.473. The van der Waals surface area contributed by atoms with E-state index in [-0.39, 0.29) is 28.9 Å². The van der Waals surface area contributed by atoms with Gasteiger partial charge in [0, 0.05) is 11.4 Å². The smallest absolute Gasteiger partial charge is 0.306 e. The second kappa shape index (κ2) is 8.01. The molecule has 1 rings (SSSR count). The summed E-state index contributed by atoms with van der Waals surface area (Å²) in [5, 5.41) is 7.58. The first-order valence-electron chi connectivity index (χ1n) is 5.90. The molecule has 1 amide bonds. The van der Waals surface area contributed by atoms with E-state index in [2.05, 4.69) is 10.1 Å². The maximum absolute atomic E-state index is 11.6. The molecule has 0 saturated carbocycles. The molecule has 0 spiro atoms. The molecule has 9 heteroatoms. The lowest BCUT2D eigenvalue weighted by Gasteiger charge is -2.06. The summed E-state index contributed by atoms with van der Waals surface area (Å²) in [6.07, 6.45) is 0.248. The molecule has 0 aromatic heterocycles. The zero-order chi connectivity index (χ0) is 15.9. The van der Waals surface area contributed by atoms with Gasteiger partial charge in [-0.2, -0.15) is 11.8 Å². The summed E-state index contributed by atoms with van der Waals surface area (Å²) >= 11 is 1.30. The molecule has 1 aromatic carbocycles. The number of carbonyl (C=O) groups is 2. The fourth-order valence-electron chi connectivity index (χ4n) is 1.35. The monoisotopic (exact) mass is 332 g/mol. The van der Waals surface area contributed by atoms with Gasteiger partial charge in [0.2, 0.25) is 15.9 Å². The normalized spacial score (nSPS) is 11.0. The molecule has 0 saturated heterocycles. The number of nitrogens with two attached hydrogens (primary N) is 1. The number of hydrogen-bond donors (Lipinski definition) is 2. The number of thioether (sulfide) groups is 1. The predicted octanol–water partition coefficient (Wildman–Crippen LogP) is 0.569. The Morgan fingerprint density at radius 1 is 1.29 bits per heavy atom. The number of methoxy groups -OCH3 is 1. The molecule has 7 nitrogen and oxygen atoms in total. The van der Waals surface area contributed by atoms with Gasteiger partial charge in [0.1, 0.15) is 0 Å². The van der Waals surface area contributed by atoms with E-state index in [4.69, 9.17) is 5.14 Å². The first-order chi connectivity index (χ1) is 9.82. The van der Waals surface area contributed by atoms with E-state index in [1.807, 2.05) is 0 Å². The quantitative estimate of drug-likeness (QED) is 0.557. The van der Waals surface area contributed by atoms with Crippen molar-refractivity contribution in [2.75, 3.05) is 23.9 Å². The van der Waals surface area contributed by atoms with Crippen molar-refractivity contribution >= 4 is 39.3 Å². The van der Waals surface area contributed by atoms with E-state index in [0.717, 1.165) is 0 Å². The van der Waals surface area contributed by atoms with Crippen LogP contribution in [0.5, 0.6) is 0 Å². The molecule has 3 N–H and O–H groups in total. The summed E-state index contributed by atoms with van der Waals surface area (Å²) in [4.78, 5) is 22.5. The van der Waals surface area contributed by atoms with Crippen molar-refractivity contribution < 1.29 is 22.7 Å². The largest absolute Gasteiger partial charge is 0.469 e. The van der Waals surface area contributed by atoms with Crippen LogP contribution in [0.3, 0.4) is 0 Å². The fraction of sp³-hybridized carbons (Fsp3) is 0.333. The molecule has 0 heterocycles. The molecule has 21 heavy (non-hydrogen) atoms. The molecule has 0 aliphatic carbocycles. The number of ether oxygens (including phenoxy) is 1. The van der Waals surface area contributed by atoms with Crippen LogP contribution in [0.2, 0.25) is 0 Å². The van der Waals surface area contributed by atoms with Crippen LogP contribution in [0.4, 0.5) is 5.69 Å².